The summed E-state index contributed by atoms with van der Waals surface area (Å²) in [6, 6.07) is 7.54. The van der Waals surface area contributed by atoms with Crippen LogP contribution in [0.2, 0.25) is 5.02 Å². The summed E-state index contributed by atoms with van der Waals surface area (Å²) in [6.45, 7) is 0.508. The van der Waals surface area contributed by atoms with E-state index in [2.05, 4.69) is 30.5 Å². The predicted molar refractivity (Wildman–Crippen MR) is 94.4 cm³/mol. The first kappa shape index (κ1) is 14.9. The number of nitrogens with one attached hydrogen (secondary N) is 3. The Labute approximate surface area is 144 Å². The molecule has 4 aromatic rings. The molecule has 4 rings (SSSR count). The minimum Gasteiger partial charge on any atom is -0.351 e. The van der Waals surface area contributed by atoms with E-state index >= 15 is 0 Å². The van der Waals surface area contributed by atoms with Crippen LogP contribution in [-0.2, 0) is 6.54 Å². The van der Waals surface area contributed by atoms with Crippen molar-refractivity contribution < 1.29 is 0 Å². The summed E-state index contributed by atoms with van der Waals surface area (Å²) in [7, 11) is 0. The van der Waals surface area contributed by atoms with Crippen LogP contribution >= 0.6 is 22.9 Å². The predicted octanol–water partition coefficient (Wildman–Crippen LogP) is 3.04. The van der Waals surface area contributed by atoms with Crippen molar-refractivity contribution >= 4 is 39.9 Å². The molecule has 1 aromatic carbocycles. The van der Waals surface area contributed by atoms with Crippen molar-refractivity contribution in [1.29, 1.82) is 0 Å². The third-order valence-corrected chi connectivity index (χ3v) is 4.69. The number of aromatic amines is 2. The Hall–Kier alpha value is -2.71. The molecule has 120 valence electrons. The molecule has 7 nitrogen and oxygen atoms in total. The lowest BCUT2D eigenvalue weighted by Crippen LogP contribution is -2.12. The van der Waals surface area contributed by atoms with E-state index in [4.69, 9.17) is 11.6 Å². The molecule has 3 aromatic heterocycles. The number of H-pyrrole nitrogens is 2. The molecule has 0 spiro atoms. The third kappa shape index (κ3) is 2.89. The van der Waals surface area contributed by atoms with E-state index in [1.54, 1.807) is 17.5 Å². The van der Waals surface area contributed by atoms with Crippen molar-refractivity contribution in [3.8, 4) is 10.6 Å². The Morgan fingerprint density at radius 2 is 2.04 bits per heavy atom. The molecule has 0 saturated carbocycles. The zero-order valence-corrected chi connectivity index (χ0v) is 13.8. The van der Waals surface area contributed by atoms with E-state index < -0.39 is 0 Å². The number of aromatic nitrogens is 5. The number of hydrogen-bond acceptors (Lipinski definition) is 6. The van der Waals surface area contributed by atoms with Crippen LogP contribution in [0.4, 0.5) is 5.95 Å². The third-order valence-electron chi connectivity index (χ3n) is 3.39. The van der Waals surface area contributed by atoms with Gasteiger partial charge < -0.3 is 5.32 Å². The largest absolute Gasteiger partial charge is 0.351 e. The average Bonchev–Trinajstić information content (AvgIpc) is 3.23. The van der Waals surface area contributed by atoms with Gasteiger partial charge in [0.1, 0.15) is 10.4 Å². The highest BCUT2D eigenvalue weighted by atomic mass is 35.5. The van der Waals surface area contributed by atoms with Crippen LogP contribution in [0.15, 0.2) is 41.5 Å². The highest BCUT2D eigenvalue weighted by Gasteiger charge is 2.07. The lowest BCUT2D eigenvalue weighted by molar-refractivity contribution is 1.05. The number of benzene rings is 1. The average molecular weight is 359 g/mol. The van der Waals surface area contributed by atoms with Crippen LogP contribution < -0.4 is 10.9 Å². The molecular formula is C15H11ClN6OS. The molecule has 3 N–H and O–H groups in total. The van der Waals surface area contributed by atoms with Gasteiger partial charge in [0.25, 0.3) is 5.56 Å². The second-order valence-electron chi connectivity index (χ2n) is 5.04. The molecule has 3 heterocycles. The zero-order chi connectivity index (χ0) is 16.5. The van der Waals surface area contributed by atoms with Crippen molar-refractivity contribution in [3.63, 3.8) is 0 Å². The summed E-state index contributed by atoms with van der Waals surface area (Å²) in [5.74, 6) is 0.387. The van der Waals surface area contributed by atoms with Gasteiger partial charge in [-0.15, -0.1) is 11.3 Å². The van der Waals surface area contributed by atoms with E-state index in [-0.39, 0.29) is 5.56 Å². The fourth-order valence-corrected chi connectivity index (χ4v) is 3.20. The molecule has 0 amide bonds. The summed E-state index contributed by atoms with van der Waals surface area (Å²) in [4.78, 5) is 24.3. The van der Waals surface area contributed by atoms with Gasteiger partial charge in [-0.2, -0.15) is 10.1 Å². The quantitative estimate of drug-likeness (QED) is 0.520. The molecule has 0 aliphatic rings. The first-order chi connectivity index (χ1) is 11.7. The maximum atomic E-state index is 11.9. The van der Waals surface area contributed by atoms with Crippen LogP contribution in [0, 0.1) is 0 Å². The van der Waals surface area contributed by atoms with Crippen LogP contribution in [0.1, 0.15) is 4.88 Å². The van der Waals surface area contributed by atoms with Crippen molar-refractivity contribution in [2.45, 2.75) is 6.54 Å². The van der Waals surface area contributed by atoms with E-state index in [9.17, 15) is 4.79 Å². The summed E-state index contributed by atoms with van der Waals surface area (Å²) < 4.78 is 0. The molecule has 0 aliphatic carbocycles. The van der Waals surface area contributed by atoms with Crippen LogP contribution in [0.3, 0.4) is 0 Å². The van der Waals surface area contributed by atoms with Gasteiger partial charge >= 0.3 is 0 Å². The molecule has 0 saturated heterocycles. The van der Waals surface area contributed by atoms with Gasteiger partial charge in [-0.05, 0) is 12.1 Å². The highest BCUT2D eigenvalue weighted by molar-refractivity contribution is 7.15. The topological polar surface area (TPSA) is 99.4 Å². The van der Waals surface area contributed by atoms with E-state index in [0.717, 1.165) is 15.4 Å². The van der Waals surface area contributed by atoms with Crippen molar-refractivity contribution in [2.75, 3.05) is 5.32 Å². The highest BCUT2D eigenvalue weighted by Crippen LogP contribution is 2.26. The summed E-state index contributed by atoms with van der Waals surface area (Å²) in [5, 5.41) is 11.6. The van der Waals surface area contributed by atoms with Crippen molar-refractivity contribution in [3.05, 3.63) is 56.9 Å². The summed E-state index contributed by atoms with van der Waals surface area (Å²) >= 11 is 7.46. The molecule has 0 atom stereocenters. The Morgan fingerprint density at radius 1 is 1.21 bits per heavy atom. The minimum absolute atomic E-state index is 0.234. The smallest absolute Gasteiger partial charge is 0.263 e. The summed E-state index contributed by atoms with van der Waals surface area (Å²) in [5.41, 5.74) is 1.23. The van der Waals surface area contributed by atoms with Gasteiger partial charge in [0, 0.05) is 21.7 Å². The fourth-order valence-electron chi connectivity index (χ4n) is 2.22. The lowest BCUT2D eigenvalue weighted by atomic mass is 10.2. The zero-order valence-electron chi connectivity index (χ0n) is 12.2. The molecule has 0 bridgehead atoms. The van der Waals surface area contributed by atoms with E-state index in [0.29, 0.717) is 28.5 Å². The molecule has 0 unspecified atom stereocenters. The molecular weight excluding hydrogens is 348 g/mol. The number of halogens is 1. The Bertz CT molecular complexity index is 1050. The molecule has 9 heteroatoms. The molecule has 0 radical (unpaired) electrons. The van der Waals surface area contributed by atoms with Gasteiger partial charge in [0.15, 0.2) is 5.65 Å². The van der Waals surface area contributed by atoms with Gasteiger partial charge in [-0.25, -0.2) is 4.98 Å². The van der Waals surface area contributed by atoms with E-state index in [1.165, 1.54) is 6.20 Å². The van der Waals surface area contributed by atoms with Gasteiger partial charge in [0.2, 0.25) is 5.95 Å². The number of thiazole rings is 1. The standard InChI is InChI=1S/C15H11ClN6OS/c16-9-3-1-8(2-4-9)14-17-5-10(24-14)6-18-15-20-12-11(7-19-22-12)13(23)21-15/h1-5,7H,6H2,(H3,18,19,20,21,22,23). The normalized spacial score (nSPS) is 11.0. The van der Waals surface area contributed by atoms with Gasteiger partial charge in [-0.3, -0.25) is 14.9 Å². The Balaban J connectivity index is 1.51. The molecule has 0 fully saturated rings. The SMILES string of the molecule is O=c1[nH]c(NCc2cnc(-c3ccc(Cl)cc3)s2)nc2[nH]ncc12. The maximum Gasteiger partial charge on any atom is 0.263 e. The van der Waals surface area contributed by atoms with Gasteiger partial charge in [-0.1, -0.05) is 23.7 Å². The van der Waals surface area contributed by atoms with Gasteiger partial charge in [0.05, 0.1) is 12.7 Å². The second kappa shape index (κ2) is 6.06. The molecule has 0 aliphatic heterocycles. The number of hydrogen-bond donors (Lipinski definition) is 3. The lowest BCUT2D eigenvalue weighted by Gasteiger charge is -2.02. The van der Waals surface area contributed by atoms with Crippen LogP contribution in [0.5, 0.6) is 0 Å². The fraction of sp³-hybridized carbons (Fsp3) is 0.0667. The van der Waals surface area contributed by atoms with Crippen LogP contribution in [-0.4, -0.2) is 25.1 Å². The Kier molecular flexibility index (Phi) is 3.75. The number of nitrogens with zero attached hydrogens (tertiary/aromatic N) is 3. The summed E-state index contributed by atoms with van der Waals surface area (Å²) in [6.07, 6.45) is 3.25. The van der Waals surface area contributed by atoms with E-state index in [1.807, 2.05) is 24.3 Å². The number of anilines is 1. The van der Waals surface area contributed by atoms with Crippen molar-refractivity contribution in [2.24, 2.45) is 0 Å². The number of rotatable bonds is 4. The monoisotopic (exact) mass is 358 g/mol. The maximum absolute atomic E-state index is 11.9. The minimum atomic E-state index is -0.234. The van der Waals surface area contributed by atoms with Crippen LogP contribution in [0.25, 0.3) is 21.6 Å². The van der Waals surface area contributed by atoms with Crippen molar-refractivity contribution in [1.82, 2.24) is 25.1 Å². The first-order valence-electron chi connectivity index (χ1n) is 7.07. The second-order valence-corrected chi connectivity index (χ2v) is 6.59. The Morgan fingerprint density at radius 3 is 2.88 bits per heavy atom. The first-order valence-corrected chi connectivity index (χ1v) is 8.26. The molecule has 24 heavy (non-hydrogen) atoms. The number of fused-ring (bicyclic) bond motifs is 1.